The molecule has 4 heterocycles. The molecule has 0 aliphatic carbocycles. The van der Waals surface area contributed by atoms with E-state index in [-0.39, 0.29) is 76.5 Å². The Labute approximate surface area is 407 Å². The molecule has 406 valence electrons. The third-order valence-electron chi connectivity index (χ3n) is 12.2. The summed E-state index contributed by atoms with van der Waals surface area (Å²) in [5.41, 5.74) is 0. The molecule has 0 aromatic carbocycles. The summed E-state index contributed by atoms with van der Waals surface area (Å²) in [5, 5.41) is 112. The fourth-order valence-electron chi connectivity index (χ4n) is 7.89. The Morgan fingerprint density at radius 3 is 1.62 bits per heavy atom. The summed E-state index contributed by atoms with van der Waals surface area (Å²) in [5.74, 6) is -4.25. The van der Waals surface area contributed by atoms with E-state index < -0.39 is 147 Å². The number of hydrogen-bond donors (Lipinski definition) is 13. The third kappa shape index (κ3) is 17.9. The minimum atomic E-state index is -1.93. The first-order chi connectivity index (χ1) is 33.8. The Morgan fingerprint density at radius 2 is 1.07 bits per heavy atom. The zero-order chi connectivity index (χ0) is 52.4. The highest BCUT2D eigenvalue weighted by Crippen LogP contribution is 2.31. The molecule has 4 fully saturated rings. The van der Waals surface area contributed by atoms with Gasteiger partial charge in [0.1, 0.15) is 79.0 Å². The first-order valence-electron chi connectivity index (χ1n) is 23.7. The SMILES string of the molecule is CC(=O)C(CC(=O)NCCCCCC(=O)NCCO[C@H]1OC(CO[C@H]2OC(CO)[C@@H](O)C(O)C2O)[C@@H](O)C(O[C@H]2OC(CO)[C@@H](O)C(O)C2O)C1O)CC(=O)NCCCCCC(=O)ON1C(=O)CCC1=O. The first kappa shape index (κ1) is 59.6. The first-order valence-corrected chi connectivity index (χ1v) is 23.7. The van der Waals surface area contributed by atoms with E-state index in [1.54, 1.807) is 0 Å². The number of ether oxygens (including phenoxy) is 6. The average molecular weight is 1030 g/mol. The van der Waals surface area contributed by atoms with Crippen molar-refractivity contribution in [1.82, 2.24) is 21.0 Å². The smallest absolute Gasteiger partial charge is 0.333 e. The molecule has 5 amide bonds. The van der Waals surface area contributed by atoms with E-state index in [1.165, 1.54) is 6.92 Å². The van der Waals surface area contributed by atoms with Gasteiger partial charge in [-0.3, -0.25) is 28.8 Å². The summed E-state index contributed by atoms with van der Waals surface area (Å²) in [7, 11) is 0. The van der Waals surface area contributed by atoms with E-state index in [4.69, 9.17) is 33.3 Å². The molecule has 0 radical (unpaired) electrons. The zero-order valence-corrected chi connectivity index (χ0v) is 39.3. The fourth-order valence-corrected chi connectivity index (χ4v) is 7.89. The minimum Gasteiger partial charge on any atom is -0.394 e. The van der Waals surface area contributed by atoms with Gasteiger partial charge in [-0.25, -0.2) is 4.79 Å². The average Bonchev–Trinajstić information content (AvgIpc) is 3.65. The van der Waals surface area contributed by atoms with Gasteiger partial charge in [-0.2, -0.15) is 0 Å². The Kier molecular flexibility index (Phi) is 24.9. The number of nitrogens with one attached hydrogen (secondary N) is 3. The number of nitrogens with zero attached hydrogens (tertiary/aromatic N) is 1. The van der Waals surface area contributed by atoms with Gasteiger partial charge in [0.25, 0.3) is 11.8 Å². The van der Waals surface area contributed by atoms with Gasteiger partial charge >= 0.3 is 5.97 Å². The molecule has 4 saturated heterocycles. The van der Waals surface area contributed by atoms with Crippen LogP contribution < -0.4 is 16.0 Å². The predicted molar refractivity (Wildman–Crippen MR) is 232 cm³/mol. The van der Waals surface area contributed by atoms with Crippen LogP contribution in [0.5, 0.6) is 0 Å². The number of rotatable bonds is 29. The van der Waals surface area contributed by atoms with Crippen LogP contribution in [-0.4, -0.2) is 236 Å². The van der Waals surface area contributed by atoms with Gasteiger partial charge in [0.2, 0.25) is 17.7 Å². The van der Waals surface area contributed by atoms with Crippen LogP contribution >= 0.6 is 0 Å². The number of carbonyl (C=O) groups excluding carboxylic acids is 7. The molecule has 0 spiro atoms. The number of aliphatic hydroxyl groups is 10. The number of hydroxylamine groups is 2. The van der Waals surface area contributed by atoms with Gasteiger partial charge in [0.15, 0.2) is 18.9 Å². The van der Waals surface area contributed by atoms with Crippen molar-refractivity contribution in [3.05, 3.63) is 0 Å². The summed E-state index contributed by atoms with van der Waals surface area (Å²) in [6.45, 7) is -0.803. The second kappa shape index (κ2) is 29.7. The van der Waals surface area contributed by atoms with Gasteiger partial charge < -0.3 is 100 Å². The van der Waals surface area contributed by atoms with Crippen molar-refractivity contribution in [2.75, 3.05) is 46.1 Å². The summed E-state index contributed by atoms with van der Waals surface area (Å²) >= 11 is 0. The van der Waals surface area contributed by atoms with Crippen molar-refractivity contribution in [2.45, 2.75) is 176 Å². The normalized spacial score (nSPS) is 32.5. The second-order valence-corrected chi connectivity index (χ2v) is 17.7. The molecule has 0 aromatic rings. The summed E-state index contributed by atoms with van der Waals surface area (Å²) < 4.78 is 33.3. The molecule has 4 rings (SSSR count). The Bertz CT molecular complexity index is 1730. The van der Waals surface area contributed by atoms with Crippen molar-refractivity contribution in [2.24, 2.45) is 5.92 Å². The standard InChI is InChI=1S/C43H70N4O24/c1-21(50)22(17-28(53)45-13-7-3-5-9-31(56)71-47-29(54)10-11-30(47)55)16-27(52)44-12-6-2-4-8-26(51)46-14-15-65-42-39(64)40(70-43-38(63)36(61)33(58)24(19-49)68-43)34(59)25(69-42)20-66-41-37(62)35(60)32(57)23(18-48)67-41/h22-25,32-43,48-49,57-64H,2-20H2,1H3,(H,44,52)(H,45,53)(H,46,51)/t22?,23?,24?,25?,32-,33-,34-,35?,36?,37?,38?,39?,40?,41+,42+,43-/m1/s1. The number of hydrogen-bond acceptors (Lipinski definition) is 24. The van der Waals surface area contributed by atoms with Crippen molar-refractivity contribution >= 4 is 41.3 Å². The number of imide groups is 1. The van der Waals surface area contributed by atoms with Crippen LogP contribution in [0.4, 0.5) is 0 Å². The van der Waals surface area contributed by atoms with Gasteiger partial charge in [-0.1, -0.05) is 12.8 Å². The van der Waals surface area contributed by atoms with E-state index in [2.05, 4.69) is 16.0 Å². The second-order valence-electron chi connectivity index (χ2n) is 17.7. The molecule has 0 bridgehead atoms. The summed E-state index contributed by atoms with van der Waals surface area (Å²) in [6, 6.07) is 0. The van der Waals surface area contributed by atoms with Crippen molar-refractivity contribution < 1.29 is 118 Å². The third-order valence-corrected chi connectivity index (χ3v) is 12.2. The van der Waals surface area contributed by atoms with Crippen LogP contribution in [0.25, 0.3) is 0 Å². The van der Waals surface area contributed by atoms with Crippen LogP contribution in [-0.2, 0) is 66.8 Å². The van der Waals surface area contributed by atoms with Crippen LogP contribution in [0.1, 0.15) is 84.0 Å². The molecule has 4 aliphatic rings. The van der Waals surface area contributed by atoms with Gasteiger partial charge in [0.05, 0.1) is 26.4 Å². The number of carbonyl (C=O) groups is 7. The molecular weight excluding hydrogens is 956 g/mol. The number of amides is 5. The van der Waals surface area contributed by atoms with Gasteiger partial charge in [-0.15, -0.1) is 5.06 Å². The maximum Gasteiger partial charge on any atom is 0.333 e. The molecule has 0 saturated carbocycles. The number of aliphatic hydroxyl groups excluding tert-OH is 10. The minimum absolute atomic E-state index is 0.00304. The van der Waals surface area contributed by atoms with E-state index in [0.29, 0.717) is 43.6 Å². The summed E-state index contributed by atoms with van der Waals surface area (Å²) in [4.78, 5) is 89.6. The topological polar surface area (TPSA) is 426 Å². The number of Topliss-reactive ketones (excluding diaryl/α,β-unsaturated/α-hetero) is 1. The lowest BCUT2D eigenvalue weighted by Crippen LogP contribution is -2.65. The monoisotopic (exact) mass is 1030 g/mol. The highest BCUT2D eigenvalue weighted by atomic mass is 16.8. The lowest BCUT2D eigenvalue weighted by Gasteiger charge is -2.46. The van der Waals surface area contributed by atoms with Crippen LogP contribution in [0.3, 0.4) is 0 Å². The molecule has 28 nitrogen and oxygen atoms in total. The molecule has 4 aliphatic heterocycles. The van der Waals surface area contributed by atoms with E-state index >= 15 is 0 Å². The van der Waals surface area contributed by atoms with E-state index in [1.807, 2.05) is 0 Å². The Morgan fingerprint density at radius 1 is 0.577 bits per heavy atom. The van der Waals surface area contributed by atoms with Gasteiger partial charge in [-0.05, 0) is 32.6 Å². The van der Waals surface area contributed by atoms with E-state index in [0.717, 1.165) is 0 Å². The largest absolute Gasteiger partial charge is 0.394 e. The molecule has 0 aromatic heterocycles. The molecule has 28 heteroatoms. The summed E-state index contributed by atoms with van der Waals surface area (Å²) in [6.07, 6.45) is -23.0. The maximum absolute atomic E-state index is 12.6. The van der Waals surface area contributed by atoms with E-state index in [9.17, 15) is 84.6 Å². The van der Waals surface area contributed by atoms with Gasteiger partial charge in [0, 0.05) is 64.1 Å². The lowest BCUT2D eigenvalue weighted by atomic mass is 9.96. The number of ketones is 1. The fraction of sp³-hybridized carbons (Fsp3) is 0.837. The Hall–Kier alpha value is -3.95. The predicted octanol–water partition coefficient (Wildman–Crippen LogP) is -6.49. The van der Waals surface area contributed by atoms with Crippen molar-refractivity contribution in [3.63, 3.8) is 0 Å². The molecule has 16 atom stereocenters. The highest BCUT2D eigenvalue weighted by molar-refractivity contribution is 6.01. The Balaban J connectivity index is 1.13. The molecular formula is C43H70N4O24. The zero-order valence-electron chi connectivity index (χ0n) is 39.3. The highest BCUT2D eigenvalue weighted by Gasteiger charge is 2.52. The van der Waals surface area contributed by atoms with Crippen LogP contribution in [0.2, 0.25) is 0 Å². The number of unbranched alkanes of at least 4 members (excludes halogenated alkanes) is 4. The lowest BCUT2D eigenvalue weighted by molar-refractivity contribution is -0.366. The molecule has 10 unspecified atom stereocenters. The van der Waals surface area contributed by atoms with Crippen LogP contribution in [0, 0.1) is 5.92 Å². The van der Waals surface area contributed by atoms with Crippen molar-refractivity contribution in [3.8, 4) is 0 Å². The van der Waals surface area contributed by atoms with Crippen LogP contribution in [0.15, 0.2) is 0 Å². The molecule has 13 N–H and O–H groups in total. The van der Waals surface area contributed by atoms with Crippen molar-refractivity contribution in [1.29, 1.82) is 0 Å². The molecule has 71 heavy (non-hydrogen) atoms. The maximum atomic E-state index is 12.6. The quantitative estimate of drug-likeness (QED) is 0.0245.